The maximum Gasteiger partial charge on any atom is 0.124 e. The fourth-order valence-corrected chi connectivity index (χ4v) is 1.08. The van der Waals surface area contributed by atoms with E-state index < -0.39 is 11.7 Å². The molecular weight excluding hydrogens is 169 g/mol. The fourth-order valence-electron chi connectivity index (χ4n) is 1.08. The molecule has 3 heteroatoms. The van der Waals surface area contributed by atoms with Gasteiger partial charge in [0, 0.05) is 0 Å². The Morgan fingerprint density at radius 3 is 2.15 bits per heavy atom. The minimum atomic E-state index is -1.45. The van der Waals surface area contributed by atoms with E-state index in [-0.39, 0.29) is 5.75 Å². The van der Waals surface area contributed by atoms with Crippen LogP contribution in [0.1, 0.15) is 25.5 Å². The summed E-state index contributed by atoms with van der Waals surface area (Å²) in [4.78, 5) is 0. The molecule has 0 saturated carbocycles. The van der Waals surface area contributed by atoms with Crippen molar-refractivity contribution in [2.45, 2.75) is 25.6 Å². The summed E-state index contributed by atoms with van der Waals surface area (Å²) in [6.07, 6.45) is 0. The summed E-state index contributed by atoms with van der Waals surface area (Å²) in [6, 6.07) is 5.60. The topological polar surface area (TPSA) is 46.2 Å². The molecule has 1 atom stereocenters. The lowest BCUT2D eigenvalue weighted by atomic mass is 9.94. The summed E-state index contributed by atoms with van der Waals surface area (Å²) in [6.45, 7) is 2.87. The zero-order chi connectivity index (χ0) is 10.1. The van der Waals surface area contributed by atoms with Crippen molar-refractivity contribution in [2.75, 3.05) is 0 Å². The molecule has 0 saturated heterocycles. The Labute approximate surface area is 77.2 Å². The number of hydrogen-bond acceptors (Lipinski definition) is 2. The number of phenols is 1. The standard InChI is InChI=1S/C10H14FNO/c1-10(2,11)9(12)7-3-5-8(13)6-4-7/h3-6,9,13H,12H2,1-2H3. The highest BCUT2D eigenvalue weighted by atomic mass is 19.1. The number of benzene rings is 1. The molecule has 2 nitrogen and oxygen atoms in total. The van der Waals surface area contributed by atoms with Gasteiger partial charge in [-0.1, -0.05) is 12.1 Å². The van der Waals surface area contributed by atoms with Crippen LogP contribution in [-0.2, 0) is 0 Å². The molecule has 13 heavy (non-hydrogen) atoms. The molecule has 0 heterocycles. The first-order chi connectivity index (χ1) is 5.91. The average Bonchev–Trinajstić information content (AvgIpc) is 2.03. The first-order valence-corrected chi connectivity index (χ1v) is 4.14. The Hall–Kier alpha value is -1.09. The number of aromatic hydroxyl groups is 1. The number of rotatable bonds is 2. The van der Waals surface area contributed by atoms with Crippen LogP contribution in [0.5, 0.6) is 5.75 Å². The SMILES string of the molecule is CC(C)(F)C(N)c1ccc(O)cc1. The highest BCUT2D eigenvalue weighted by Gasteiger charge is 2.26. The molecule has 72 valence electrons. The number of alkyl halides is 1. The van der Waals surface area contributed by atoms with Gasteiger partial charge in [-0.25, -0.2) is 4.39 Å². The highest BCUT2D eigenvalue weighted by molar-refractivity contribution is 5.29. The largest absolute Gasteiger partial charge is 0.508 e. The summed E-state index contributed by atoms with van der Waals surface area (Å²) < 4.78 is 13.4. The van der Waals surface area contributed by atoms with Crippen molar-refractivity contribution in [3.8, 4) is 5.75 Å². The molecule has 0 aromatic heterocycles. The third-order valence-corrected chi connectivity index (χ3v) is 1.99. The van der Waals surface area contributed by atoms with Gasteiger partial charge in [0.2, 0.25) is 0 Å². The van der Waals surface area contributed by atoms with E-state index in [1.165, 1.54) is 26.0 Å². The first-order valence-electron chi connectivity index (χ1n) is 4.14. The van der Waals surface area contributed by atoms with Crippen molar-refractivity contribution < 1.29 is 9.50 Å². The first kappa shape index (κ1) is 9.99. The van der Waals surface area contributed by atoms with E-state index in [0.717, 1.165) is 0 Å². The second-order valence-corrected chi connectivity index (χ2v) is 3.63. The summed E-state index contributed by atoms with van der Waals surface area (Å²) in [5.41, 5.74) is 4.90. The Balaban J connectivity index is 2.90. The summed E-state index contributed by atoms with van der Waals surface area (Å²) in [5.74, 6) is 0.160. The van der Waals surface area contributed by atoms with Gasteiger partial charge in [-0.15, -0.1) is 0 Å². The van der Waals surface area contributed by atoms with Crippen LogP contribution in [0.2, 0.25) is 0 Å². The molecule has 0 aliphatic rings. The van der Waals surface area contributed by atoms with Gasteiger partial charge in [0.25, 0.3) is 0 Å². The van der Waals surface area contributed by atoms with Crippen LogP contribution in [0.4, 0.5) is 4.39 Å². The molecule has 1 aromatic rings. The van der Waals surface area contributed by atoms with Crippen molar-refractivity contribution in [3.63, 3.8) is 0 Å². The van der Waals surface area contributed by atoms with Crippen molar-refractivity contribution in [1.29, 1.82) is 0 Å². The summed E-state index contributed by atoms with van der Waals surface area (Å²) >= 11 is 0. The molecule has 0 aliphatic heterocycles. The molecule has 1 aromatic carbocycles. The quantitative estimate of drug-likeness (QED) is 0.737. The number of hydrogen-bond donors (Lipinski definition) is 2. The molecule has 0 spiro atoms. The Bertz CT molecular complexity index is 276. The van der Waals surface area contributed by atoms with Crippen LogP contribution in [-0.4, -0.2) is 10.8 Å². The monoisotopic (exact) mass is 183 g/mol. The molecule has 1 unspecified atom stereocenters. The molecular formula is C10H14FNO. The van der Waals surface area contributed by atoms with Crippen molar-refractivity contribution >= 4 is 0 Å². The summed E-state index contributed by atoms with van der Waals surface area (Å²) in [7, 11) is 0. The maximum absolute atomic E-state index is 13.4. The highest BCUT2D eigenvalue weighted by Crippen LogP contribution is 2.27. The number of phenolic OH excluding ortho intramolecular Hbond substituents is 1. The van der Waals surface area contributed by atoms with Gasteiger partial charge in [-0.3, -0.25) is 0 Å². The lowest BCUT2D eigenvalue weighted by Gasteiger charge is -2.23. The lowest BCUT2D eigenvalue weighted by molar-refractivity contribution is 0.174. The van der Waals surface area contributed by atoms with E-state index in [1.54, 1.807) is 12.1 Å². The molecule has 1 rings (SSSR count). The minimum absolute atomic E-state index is 0.160. The average molecular weight is 183 g/mol. The van der Waals surface area contributed by atoms with E-state index in [2.05, 4.69) is 0 Å². The van der Waals surface area contributed by atoms with Gasteiger partial charge in [0.05, 0.1) is 6.04 Å². The van der Waals surface area contributed by atoms with Gasteiger partial charge < -0.3 is 10.8 Å². The molecule has 3 N–H and O–H groups in total. The van der Waals surface area contributed by atoms with Crippen molar-refractivity contribution in [3.05, 3.63) is 29.8 Å². The molecule has 0 amide bonds. The number of halogens is 1. The molecule has 0 fully saturated rings. The van der Waals surface area contributed by atoms with Gasteiger partial charge >= 0.3 is 0 Å². The second kappa shape index (κ2) is 3.34. The maximum atomic E-state index is 13.4. The fraction of sp³-hybridized carbons (Fsp3) is 0.400. The van der Waals surface area contributed by atoms with Crippen LogP contribution in [0.3, 0.4) is 0 Å². The second-order valence-electron chi connectivity index (χ2n) is 3.63. The van der Waals surface area contributed by atoms with Gasteiger partial charge in [0.1, 0.15) is 11.4 Å². The van der Waals surface area contributed by atoms with Crippen LogP contribution >= 0.6 is 0 Å². The minimum Gasteiger partial charge on any atom is -0.508 e. The Morgan fingerprint density at radius 2 is 1.77 bits per heavy atom. The van der Waals surface area contributed by atoms with Crippen molar-refractivity contribution in [2.24, 2.45) is 5.73 Å². The molecule has 0 aliphatic carbocycles. The van der Waals surface area contributed by atoms with E-state index in [9.17, 15) is 4.39 Å². The van der Waals surface area contributed by atoms with Gasteiger partial charge in [-0.2, -0.15) is 0 Å². The smallest absolute Gasteiger partial charge is 0.124 e. The molecule has 0 bridgehead atoms. The van der Waals surface area contributed by atoms with E-state index in [4.69, 9.17) is 10.8 Å². The van der Waals surface area contributed by atoms with Crippen molar-refractivity contribution in [1.82, 2.24) is 0 Å². The van der Waals surface area contributed by atoms with Gasteiger partial charge in [0.15, 0.2) is 0 Å². The predicted molar refractivity (Wildman–Crippen MR) is 50.2 cm³/mol. The van der Waals surface area contributed by atoms with E-state index in [1.807, 2.05) is 0 Å². The van der Waals surface area contributed by atoms with Crippen LogP contribution in [0.15, 0.2) is 24.3 Å². The van der Waals surface area contributed by atoms with Crippen LogP contribution in [0.25, 0.3) is 0 Å². The normalized spacial score (nSPS) is 14.2. The van der Waals surface area contributed by atoms with Gasteiger partial charge in [-0.05, 0) is 31.5 Å². The van der Waals surface area contributed by atoms with E-state index >= 15 is 0 Å². The lowest BCUT2D eigenvalue weighted by Crippen LogP contribution is -2.30. The third kappa shape index (κ3) is 2.42. The van der Waals surface area contributed by atoms with Crippen LogP contribution in [0, 0.1) is 0 Å². The van der Waals surface area contributed by atoms with Crippen LogP contribution < -0.4 is 5.73 Å². The van der Waals surface area contributed by atoms with E-state index in [0.29, 0.717) is 5.56 Å². The zero-order valence-corrected chi connectivity index (χ0v) is 7.79. The Kier molecular flexibility index (Phi) is 2.57. The third-order valence-electron chi connectivity index (χ3n) is 1.99. The zero-order valence-electron chi connectivity index (χ0n) is 7.79. The Morgan fingerprint density at radius 1 is 1.31 bits per heavy atom. The number of nitrogens with two attached hydrogens (primary N) is 1. The summed E-state index contributed by atoms with van der Waals surface area (Å²) in [5, 5.41) is 9.01. The molecule has 0 radical (unpaired) electrons. The predicted octanol–water partition coefficient (Wildman–Crippen LogP) is 2.14.